The lowest BCUT2D eigenvalue weighted by Crippen LogP contribution is -2.44. The molecule has 1 heterocycles. The second-order valence-electron chi connectivity index (χ2n) is 6.27. The minimum atomic E-state index is -0.349. The zero-order chi connectivity index (χ0) is 16.8. The third kappa shape index (κ3) is 4.78. The summed E-state index contributed by atoms with van der Waals surface area (Å²) < 4.78 is 12.9. The molecule has 0 saturated carbocycles. The van der Waals surface area contributed by atoms with Crippen molar-refractivity contribution in [3.05, 3.63) is 35.6 Å². The zero-order valence-electron chi connectivity index (χ0n) is 13.8. The Bertz CT molecular complexity index is 536. The van der Waals surface area contributed by atoms with Crippen LogP contribution in [0.2, 0.25) is 0 Å². The molecule has 2 amide bonds. The highest BCUT2D eigenvalue weighted by molar-refractivity contribution is 5.94. The van der Waals surface area contributed by atoms with Crippen molar-refractivity contribution in [2.75, 3.05) is 13.1 Å². The summed E-state index contributed by atoms with van der Waals surface area (Å²) in [6, 6.07) is 5.79. The molecule has 4 nitrogen and oxygen atoms in total. The Balaban J connectivity index is 1.84. The Morgan fingerprint density at radius 2 is 1.87 bits per heavy atom. The maximum atomic E-state index is 12.9. The molecule has 1 atom stereocenters. The molecule has 1 saturated heterocycles. The van der Waals surface area contributed by atoms with Crippen molar-refractivity contribution >= 4 is 11.8 Å². The van der Waals surface area contributed by atoms with E-state index >= 15 is 0 Å². The first-order chi connectivity index (χ1) is 11.0. The molecule has 0 radical (unpaired) electrons. The molecule has 23 heavy (non-hydrogen) atoms. The first-order valence-corrected chi connectivity index (χ1v) is 8.36. The first-order valence-electron chi connectivity index (χ1n) is 8.36. The predicted octanol–water partition coefficient (Wildman–Crippen LogP) is 2.98. The summed E-state index contributed by atoms with van der Waals surface area (Å²) in [5.74, 6) is -0.368. The van der Waals surface area contributed by atoms with Crippen LogP contribution in [0.5, 0.6) is 0 Å². The van der Waals surface area contributed by atoms with E-state index in [1.807, 2.05) is 6.92 Å². The van der Waals surface area contributed by atoms with Gasteiger partial charge in [0.15, 0.2) is 0 Å². The second-order valence-corrected chi connectivity index (χ2v) is 6.27. The number of carbonyl (C=O) groups excluding carboxylic acids is 2. The number of halogens is 1. The van der Waals surface area contributed by atoms with Crippen molar-refractivity contribution in [1.29, 1.82) is 0 Å². The number of hydrogen-bond acceptors (Lipinski definition) is 2. The molecule has 1 aliphatic rings. The zero-order valence-corrected chi connectivity index (χ0v) is 13.8. The topological polar surface area (TPSA) is 49.4 Å². The highest BCUT2D eigenvalue weighted by atomic mass is 19.1. The van der Waals surface area contributed by atoms with Gasteiger partial charge < -0.3 is 10.2 Å². The van der Waals surface area contributed by atoms with Crippen molar-refractivity contribution in [2.45, 2.75) is 45.6 Å². The van der Waals surface area contributed by atoms with Gasteiger partial charge in [-0.2, -0.15) is 0 Å². The quantitative estimate of drug-likeness (QED) is 0.907. The minimum Gasteiger partial charge on any atom is -0.353 e. The fraction of sp³-hybridized carbons (Fsp3) is 0.556. The summed E-state index contributed by atoms with van der Waals surface area (Å²) in [4.78, 5) is 26.3. The molecule has 5 heteroatoms. The average Bonchev–Trinajstić information content (AvgIpc) is 2.55. The highest BCUT2D eigenvalue weighted by Gasteiger charge is 2.28. The van der Waals surface area contributed by atoms with E-state index < -0.39 is 0 Å². The van der Waals surface area contributed by atoms with Gasteiger partial charge in [0.05, 0.1) is 0 Å². The monoisotopic (exact) mass is 320 g/mol. The van der Waals surface area contributed by atoms with Crippen LogP contribution >= 0.6 is 0 Å². The van der Waals surface area contributed by atoms with Gasteiger partial charge in [-0.1, -0.05) is 13.3 Å². The molecule has 1 aromatic rings. The van der Waals surface area contributed by atoms with E-state index in [0.717, 1.165) is 12.8 Å². The summed E-state index contributed by atoms with van der Waals surface area (Å²) in [6.45, 7) is 5.25. The van der Waals surface area contributed by atoms with E-state index in [-0.39, 0.29) is 29.6 Å². The van der Waals surface area contributed by atoms with Crippen LogP contribution in [-0.2, 0) is 4.79 Å². The number of piperidine rings is 1. The van der Waals surface area contributed by atoms with Gasteiger partial charge in [-0.3, -0.25) is 9.59 Å². The van der Waals surface area contributed by atoms with Crippen molar-refractivity contribution < 1.29 is 14.0 Å². The molecule has 0 aliphatic carbocycles. The fourth-order valence-corrected chi connectivity index (χ4v) is 2.99. The number of carbonyl (C=O) groups is 2. The number of amides is 2. The Morgan fingerprint density at radius 3 is 2.43 bits per heavy atom. The molecule has 1 N–H and O–H groups in total. The Morgan fingerprint density at radius 1 is 1.26 bits per heavy atom. The van der Waals surface area contributed by atoms with E-state index in [1.54, 1.807) is 4.90 Å². The van der Waals surface area contributed by atoms with Crippen molar-refractivity contribution in [2.24, 2.45) is 5.92 Å². The molecule has 1 fully saturated rings. The molecular weight excluding hydrogens is 295 g/mol. The standard InChI is InChI=1S/C18H25FN2O2/c1-3-4-13(2)20-17(22)14-9-11-21(12-10-14)18(23)15-5-7-16(19)8-6-15/h5-8,13-14H,3-4,9-12H2,1-2H3,(H,20,22)/t13-/m0/s1. The van der Waals surface area contributed by atoms with Crippen molar-refractivity contribution in [1.82, 2.24) is 10.2 Å². The van der Waals surface area contributed by atoms with Gasteiger partial charge in [-0.15, -0.1) is 0 Å². The lowest BCUT2D eigenvalue weighted by atomic mass is 9.95. The third-order valence-corrected chi connectivity index (χ3v) is 4.35. The molecule has 126 valence electrons. The molecular formula is C18H25FN2O2. The lowest BCUT2D eigenvalue weighted by Gasteiger charge is -2.32. The van der Waals surface area contributed by atoms with Crippen LogP contribution in [0.25, 0.3) is 0 Å². The minimum absolute atomic E-state index is 0.0217. The molecule has 0 spiro atoms. The number of hydrogen-bond donors (Lipinski definition) is 1. The summed E-state index contributed by atoms with van der Waals surface area (Å²) in [5.41, 5.74) is 0.492. The first kappa shape index (κ1) is 17.4. The van der Waals surface area contributed by atoms with Crippen LogP contribution in [0.1, 0.15) is 49.9 Å². The van der Waals surface area contributed by atoms with Gasteiger partial charge >= 0.3 is 0 Å². The van der Waals surface area contributed by atoms with Gasteiger partial charge in [0.1, 0.15) is 5.82 Å². The Hall–Kier alpha value is -1.91. The van der Waals surface area contributed by atoms with Gasteiger partial charge in [0, 0.05) is 30.6 Å². The van der Waals surface area contributed by atoms with Crippen LogP contribution in [0.3, 0.4) is 0 Å². The lowest BCUT2D eigenvalue weighted by molar-refractivity contribution is -0.126. The van der Waals surface area contributed by atoms with E-state index in [2.05, 4.69) is 12.2 Å². The number of nitrogens with zero attached hydrogens (tertiary/aromatic N) is 1. The van der Waals surface area contributed by atoms with Crippen molar-refractivity contribution in [3.8, 4) is 0 Å². The molecule has 2 rings (SSSR count). The molecule has 1 aromatic carbocycles. The summed E-state index contributed by atoms with van der Waals surface area (Å²) in [7, 11) is 0. The molecule has 1 aliphatic heterocycles. The fourth-order valence-electron chi connectivity index (χ4n) is 2.99. The Labute approximate surface area is 137 Å². The summed E-state index contributed by atoms with van der Waals surface area (Å²) in [6.07, 6.45) is 3.38. The maximum Gasteiger partial charge on any atom is 0.253 e. The van der Waals surface area contributed by atoms with Crippen LogP contribution < -0.4 is 5.32 Å². The van der Waals surface area contributed by atoms with Crippen molar-refractivity contribution in [3.63, 3.8) is 0 Å². The second kappa shape index (κ2) is 8.09. The summed E-state index contributed by atoms with van der Waals surface area (Å²) in [5, 5.41) is 3.05. The predicted molar refractivity (Wildman–Crippen MR) is 87.5 cm³/mol. The SMILES string of the molecule is CCC[C@H](C)NC(=O)C1CCN(C(=O)c2ccc(F)cc2)CC1. The van der Waals surface area contributed by atoms with Crippen LogP contribution in [0.4, 0.5) is 4.39 Å². The Kier molecular flexibility index (Phi) is 6.13. The van der Waals surface area contributed by atoms with E-state index in [0.29, 0.717) is 31.5 Å². The van der Waals surface area contributed by atoms with E-state index in [4.69, 9.17) is 0 Å². The van der Waals surface area contributed by atoms with Gasteiger partial charge in [0.2, 0.25) is 5.91 Å². The largest absolute Gasteiger partial charge is 0.353 e. The number of rotatable bonds is 5. The number of benzene rings is 1. The van der Waals surface area contributed by atoms with Gasteiger partial charge in [0.25, 0.3) is 5.91 Å². The van der Waals surface area contributed by atoms with Gasteiger partial charge in [-0.05, 0) is 50.5 Å². The van der Waals surface area contributed by atoms with Crippen LogP contribution in [0, 0.1) is 11.7 Å². The number of likely N-dealkylation sites (tertiary alicyclic amines) is 1. The summed E-state index contributed by atoms with van der Waals surface area (Å²) >= 11 is 0. The number of nitrogens with one attached hydrogen (secondary N) is 1. The average molecular weight is 320 g/mol. The van der Waals surface area contributed by atoms with E-state index in [9.17, 15) is 14.0 Å². The third-order valence-electron chi connectivity index (χ3n) is 4.35. The van der Waals surface area contributed by atoms with E-state index in [1.165, 1.54) is 24.3 Å². The molecule has 0 unspecified atom stereocenters. The molecule has 0 aromatic heterocycles. The highest BCUT2D eigenvalue weighted by Crippen LogP contribution is 2.20. The normalized spacial score (nSPS) is 16.9. The maximum absolute atomic E-state index is 12.9. The molecule has 0 bridgehead atoms. The van der Waals surface area contributed by atoms with Crippen LogP contribution in [-0.4, -0.2) is 35.8 Å². The van der Waals surface area contributed by atoms with Crippen LogP contribution in [0.15, 0.2) is 24.3 Å². The smallest absolute Gasteiger partial charge is 0.253 e. The van der Waals surface area contributed by atoms with Gasteiger partial charge in [-0.25, -0.2) is 4.39 Å².